The third-order valence-corrected chi connectivity index (χ3v) is 5.42. The van der Waals surface area contributed by atoms with Crippen LogP contribution in [-0.4, -0.2) is 25.3 Å². The van der Waals surface area contributed by atoms with Gasteiger partial charge in [0, 0.05) is 5.33 Å². The lowest BCUT2D eigenvalue weighted by molar-refractivity contribution is 0.564. The monoisotopic (exact) mass is 340 g/mol. The van der Waals surface area contributed by atoms with Crippen LogP contribution in [0.2, 0.25) is 0 Å². The van der Waals surface area contributed by atoms with Crippen LogP contribution < -0.4 is 0 Å². The molecule has 0 aromatic heterocycles. The van der Waals surface area contributed by atoms with E-state index in [2.05, 4.69) is 29.8 Å². The Labute approximate surface area is 122 Å². The molecule has 2 nitrogen and oxygen atoms in total. The maximum absolute atomic E-state index is 11.7. The zero-order valence-corrected chi connectivity index (χ0v) is 14.4. The van der Waals surface area contributed by atoms with E-state index in [1.807, 2.05) is 0 Å². The zero-order valence-electron chi connectivity index (χ0n) is 12.0. The maximum atomic E-state index is 11.7. The molecule has 0 radical (unpaired) electrons. The van der Waals surface area contributed by atoms with E-state index in [1.165, 1.54) is 32.1 Å². The predicted octanol–water partition coefficient (Wildman–Crippen LogP) is 4.57. The van der Waals surface area contributed by atoms with Crippen LogP contribution in [0.4, 0.5) is 0 Å². The molecule has 0 heterocycles. The number of unbranched alkanes of at least 4 members (excludes halogenated alkanes) is 6. The minimum Gasteiger partial charge on any atom is -0.229 e. The Morgan fingerprint density at radius 2 is 1.33 bits per heavy atom. The first-order valence-electron chi connectivity index (χ1n) is 7.24. The SMILES string of the molecule is CC(C)CCS(=O)(=O)CCCCCCCCCBr. The Balaban J connectivity index is 3.42. The first-order valence-corrected chi connectivity index (χ1v) is 10.2. The second-order valence-corrected chi connectivity index (χ2v) is 8.59. The van der Waals surface area contributed by atoms with E-state index in [-0.39, 0.29) is 0 Å². The number of sulfone groups is 1. The summed E-state index contributed by atoms with van der Waals surface area (Å²) in [5.41, 5.74) is 0. The second kappa shape index (κ2) is 11.3. The predicted molar refractivity (Wildman–Crippen MR) is 84.2 cm³/mol. The highest BCUT2D eigenvalue weighted by Gasteiger charge is 2.10. The molecule has 0 rings (SSSR count). The minimum atomic E-state index is -2.78. The highest BCUT2D eigenvalue weighted by molar-refractivity contribution is 9.09. The Bertz CT molecular complexity index is 274. The molecule has 0 unspecified atom stereocenters. The summed E-state index contributed by atoms with van der Waals surface area (Å²) in [6.07, 6.45) is 8.97. The lowest BCUT2D eigenvalue weighted by atomic mass is 10.1. The summed E-state index contributed by atoms with van der Waals surface area (Å²) in [5, 5.41) is 1.10. The topological polar surface area (TPSA) is 34.1 Å². The molecule has 0 aromatic rings. The first-order chi connectivity index (χ1) is 8.48. The fraction of sp³-hybridized carbons (Fsp3) is 1.00. The molecule has 110 valence electrons. The lowest BCUT2D eigenvalue weighted by Gasteiger charge is -2.06. The molecule has 0 saturated carbocycles. The van der Waals surface area contributed by atoms with Gasteiger partial charge in [-0.1, -0.05) is 61.9 Å². The maximum Gasteiger partial charge on any atom is 0.150 e. The Morgan fingerprint density at radius 3 is 1.83 bits per heavy atom. The van der Waals surface area contributed by atoms with E-state index < -0.39 is 9.84 Å². The lowest BCUT2D eigenvalue weighted by Crippen LogP contribution is -2.12. The number of hydrogen-bond donors (Lipinski definition) is 0. The van der Waals surface area contributed by atoms with E-state index in [1.54, 1.807) is 0 Å². The molecule has 0 saturated heterocycles. The summed E-state index contributed by atoms with van der Waals surface area (Å²) in [6, 6.07) is 0. The zero-order chi connectivity index (χ0) is 13.9. The van der Waals surface area contributed by atoms with E-state index in [0.29, 0.717) is 17.4 Å². The van der Waals surface area contributed by atoms with Crippen molar-refractivity contribution in [3.63, 3.8) is 0 Å². The molecule has 0 aliphatic carbocycles. The van der Waals surface area contributed by atoms with Gasteiger partial charge in [-0.05, 0) is 25.2 Å². The van der Waals surface area contributed by atoms with E-state index >= 15 is 0 Å². The van der Waals surface area contributed by atoms with Crippen molar-refractivity contribution in [1.29, 1.82) is 0 Å². The van der Waals surface area contributed by atoms with Gasteiger partial charge in [-0.3, -0.25) is 0 Å². The van der Waals surface area contributed by atoms with Crippen molar-refractivity contribution in [2.75, 3.05) is 16.8 Å². The minimum absolute atomic E-state index is 0.371. The van der Waals surface area contributed by atoms with Gasteiger partial charge >= 0.3 is 0 Å². The largest absolute Gasteiger partial charge is 0.229 e. The van der Waals surface area contributed by atoms with Crippen LogP contribution in [0.25, 0.3) is 0 Å². The van der Waals surface area contributed by atoms with Crippen molar-refractivity contribution >= 4 is 25.8 Å². The highest BCUT2D eigenvalue weighted by Crippen LogP contribution is 2.10. The normalized spacial score (nSPS) is 12.2. The van der Waals surface area contributed by atoms with Crippen LogP contribution in [0.5, 0.6) is 0 Å². The van der Waals surface area contributed by atoms with Crippen LogP contribution in [0.3, 0.4) is 0 Å². The molecular weight excluding hydrogens is 312 g/mol. The summed E-state index contributed by atoms with van der Waals surface area (Å²) < 4.78 is 23.4. The molecule has 0 amide bonds. The van der Waals surface area contributed by atoms with Crippen molar-refractivity contribution in [2.24, 2.45) is 5.92 Å². The van der Waals surface area contributed by atoms with Crippen molar-refractivity contribution in [3.05, 3.63) is 0 Å². The molecule has 0 bridgehead atoms. The molecule has 4 heteroatoms. The molecule has 18 heavy (non-hydrogen) atoms. The molecule has 0 N–H and O–H groups in total. The van der Waals surface area contributed by atoms with Gasteiger partial charge < -0.3 is 0 Å². The number of hydrogen-bond acceptors (Lipinski definition) is 2. The van der Waals surface area contributed by atoms with Crippen molar-refractivity contribution < 1.29 is 8.42 Å². The summed E-state index contributed by atoms with van der Waals surface area (Å²) in [7, 11) is -2.78. The number of alkyl halides is 1. The van der Waals surface area contributed by atoms with Crippen LogP contribution in [0.15, 0.2) is 0 Å². The molecular formula is C14H29BrO2S. The number of rotatable bonds is 12. The summed E-state index contributed by atoms with van der Waals surface area (Å²) in [6.45, 7) is 4.14. The van der Waals surface area contributed by atoms with Gasteiger partial charge in [-0.15, -0.1) is 0 Å². The molecule has 0 spiro atoms. The van der Waals surface area contributed by atoms with Crippen LogP contribution in [0, 0.1) is 5.92 Å². The van der Waals surface area contributed by atoms with Crippen molar-refractivity contribution in [1.82, 2.24) is 0 Å². The molecule has 0 aliphatic rings. The van der Waals surface area contributed by atoms with Crippen molar-refractivity contribution in [2.45, 2.75) is 65.2 Å². The molecule has 0 aromatic carbocycles. The standard InChI is InChI=1S/C14H29BrO2S/c1-14(2)10-13-18(16,17)12-9-7-5-3-4-6-8-11-15/h14H,3-13H2,1-2H3. The highest BCUT2D eigenvalue weighted by atomic mass is 79.9. The first kappa shape index (κ1) is 18.4. The van der Waals surface area contributed by atoms with Gasteiger partial charge in [0.1, 0.15) is 9.84 Å². The van der Waals surface area contributed by atoms with Gasteiger partial charge in [0.15, 0.2) is 0 Å². The average molecular weight is 341 g/mol. The fourth-order valence-electron chi connectivity index (χ4n) is 1.82. The molecule has 0 aliphatic heterocycles. The third kappa shape index (κ3) is 12.9. The second-order valence-electron chi connectivity index (χ2n) is 5.50. The smallest absolute Gasteiger partial charge is 0.150 e. The Kier molecular flexibility index (Phi) is 11.5. The van der Waals surface area contributed by atoms with Gasteiger partial charge in [0.05, 0.1) is 11.5 Å². The van der Waals surface area contributed by atoms with Gasteiger partial charge in [0.2, 0.25) is 0 Å². The van der Waals surface area contributed by atoms with Gasteiger partial charge in [-0.25, -0.2) is 8.42 Å². The van der Waals surface area contributed by atoms with E-state index in [4.69, 9.17) is 0 Å². The summed E-state index contributed by atoms with van der Waals surface area (Å²) >= 11 is 3.42. The average Bonchev–Trinajstić information content (AvgIpc) is 2.30. The van der Waals surface area contributed by atoms with Crippen molar-refractivity contribution in [3.8, 4) is 0 Å². The Hall–Kier alpha value is 0.430. The molecule has 0 fully saturated rings. The van der Waals surface area contributed by atoms with Gasteiger partial charge in [-0.2, -0.15) is 0 Å². The van der Waals surface area contributed by atoms with Crippen LogP contribution >= 0.6 is 15.9 Å². The van der Waals surface area contributed by atoms with Crippen LogP contribution in [0.1, 0.15) is 65.2 Å². The van der Waals surface area contributed by atoms with Crippen LogP contribution in [-0.2, 0) is 9.84 Å². The third-order valence-electron chi connectivity index (χ3n) is 3.10. The van der Waals surface area contributed by atoms with E-state index in [0.717, 1.165) is 24.6 Å². The van der Waals surface area contributed by atoms with E-state index in [9.17, 15) is 8.42 Å². The quantitative estimate of drug-likeness (QED) is 0.385. The number of halogens is 1. The van der Waals surface area contributed by atoms with Gasteiger partial charge in [0.25, 0.3) is 0 Å². The molecule has 0 atom stereocenters. The fourth-order valence-corrected chi connectivity index (χ4v) is 3.89. The summed E-state index contributed by atoms with van der Waals surface area (Å²) in [5.74, 6) is 1.24. The summed E-state index contributed by atoms with van der Waals surface area (Å²) in [4.78, 5) is 0. The Morgan fingerprint density at radius 1 is 0.833 bits per heavy atom.